The first-order chi connectivity index (χ1) is 8.18. The van der Waals surface area contributed by atoms with Crippen LogP contribution in [-0.4, -0.2) is 0 Å². The first kappa shape index (κ1) is 12.4. The molecule has 0 unspecified atom stereocenters. The third kappa shape index (κ3) is 2.99. The maximum atomic E-state index is 13.6. The average Bonchev–Trinajstić information content (AvgIpc) is 2.33. The summed E-state index contributed by atoms with van der Waals surface area (Å²) in [6.45, 7) is 0.398. The van der Waals surface area contributed by atoms with Gasteiger partial charge in [0.2, 0.25) is 0 Å². The number of hydrogen-bond donors (Lipinski definition) is 1. The Morgan fingerprint density at radius 2 is 1.88 bits per heavy atom. The van der Waals surface area contributed by atoms with Gasteiger partial charge in [0.05, 0.1) is 5.02 Å². The second kappa shape index (κ2) is 5.52. The van der Waals surface area contributed by atoms with Gasteiger partial charge in [-0.1, -0.05) is 35.9 Å². The Labute approximate surface area is 113 Å². The van der Waals surface area contributed by atoms with Crippen molar-refractivity contribution < 1.29 is 4.39 Å². The predicted octanol–water partition coefficient (Wildman–Crippen LogP) is 4.85. The van der Waals surface area contributed by atoms with E-state index >= 15 is 0 Å². The summed E-state index contributed by atoms with van der Waals surface area (Å²) in [7, 11) is 0. The van der Waals surface area contributed by atoms with E-state index in [1.807, 2.05) is 24.3 Å². The summed E-state index contributed by atoms with van der Waals surface area (Å²) in [4.78, 5) is 0. The number of rotatable bonds is 3. The van der Waals surface area contributed by atoms with Gasteiger partial charge in [-0.05, 0) is 34.1 Å². The van der Waals surface area contributed by atoms with Crippen molar-refractivity contribution in [3.63, 3.8) is 0 Å². The van der Waals surface area contributed by atoms with E-state index in [0.29, 0.717) is 12.1 Å². The minimum atomic E-state index is -0.367. The first-order valence-corrected chi connectivity index (χ1v) is 6.27. The largest absolute Gasteiger partial charge is 0.380 e. The smallest absolute Gasteiger partial charge is 0.146 e. The molecular formula is C13H10BrClFN. The molecular weight excluding hydrogens is 305 g/mol. The van der Waals surface area contributed by atoms with Gasteiger partial charge in [-0.3, -0.25) is 0 Å². The molecule has 0 bridgehead atoms. The van der Waals surface area contributed by atoms with Crippen LogP contribution in [0.2, 0.25) is 5.02 Å². The highest BCUT2D eigenvalue weighted by Gasteiger charge is 2.06. The Kier molecular flexibility index (Phi) is 4.02. The molecule has 0 amide bonds. The van der Waals surface area contributed by atoms with Crippen molar-refractivity contribution >= 4 is 33.2 Å². The van der Waals surface area contributed by atoms with E-state index in [9.17, 15) is 4.39 Å². The molecule has 0 aromatic heterocycles. The molecule has 0 saturated carbocycles. The van der Waals surface area contributed by atoms with Crippen molar-refractivity contribution in [3.8, 4) is 0 Å². The summed E-state index contributed by atoms with van der Waals surface area (Å²) >= 11 is 9.14. The molecule has 0 radical (unpaired) electrons. The fourth-order valence-corrected chi connectivity index (χ4v) is 2.10. The van der Waals surface area contributed by atoms with Crippen LogP contribution in [0.4, 0.5) is 10.1 Å². The molecule has 0 saturated heterocycles. The second-order valence-corrected chi connectivity index (χ2v) is 4.81. The summed E-state index contributed by atoms with van der Waals surface area (Å²) in [6.07, 6.45) is 0. The van der Waals surface area contributed by atoms with Crippen LogP contribution in [-0.2, 0) is 6.54 Å². The van der Waals surface area contributed by atoms with Gasteiger partial charge in [-0.25, -0.2) is 4.39 Å². The minimum Gasteiger partial charge on any atom is -0.380 e. The topological polar surface area (TPSA) is 12.0 Å². The van der Waals surface area contributed by atoms with Crippen LogP contribution >= 0.6 is 27.5 Å². The number of para-hydroxylation sites is 1. The molecule has 0 heterocycles. The van der Waals surface area contributed by atoms with Crippen LogP contribution in [0.25, 0.3) is 0 Å². The predicted molar refractivity (Wildman–Crippen MR) is 72.9 cm³/mol. The van der Waals surface area contributed by atoms with Gasteiger partial charge in [-0.15, -0.1) is 0 Å². The van der Waals surface area contributed by atoms with Crippen LogP contribution in [0, 0.1) is 5.82 Å². The molecule has 2 aromatic rings. The molecule has 2 aromatic carbocycles. The zero-order valence-electron chi connectivity index (χ0n) is 8.88. The number of nitrogens with one attached hydrogen (secondary N) is 1. The van der Waals surface area contributed by atoms with Gasteiger partial charge in [-0.2, -0.15) is 0 Å². The number of hydrogen-bond acceptors (Lipinski definition) is 1. The van der Waals surface area contributed by atoms with Gasteiger partial charge >= 0.3 is 0 Å². The van der Waals surface area contributed by atoms with E-state index in [0.717, 1.165) is 10.2 Å². The molecule has 88 valence electrons. The summed E-state index contributed by atoms with van der Waals surface area (Å²) in [5.74, 6) is -0.367. The van der Waals surface area contributed by atoms with Crippen molar-refractivity contribution in [2.24, 2.45) is 0 Å². The van der Waals surface area contributed by atoms with Crippen molar-refractivity contribution in [2.75, 3.05) is 5.32 Å². The lowest BCUT2D eigenvalue weighted by Gasteiger charge is -2.09. The molecule has 0 spiro atoms. The van der Waals surface area contributed by atoms with Crippen molar-refractivity contribution in [3.05, 3.63) is 63.3 Å². The fraction of sp³-hybridized carbons (Fsp3) is 0.0769. The highest BCUT2D eigenvalue weighted by Crippen LogP contribution is 2.23. The molecule has 4 heteroatoms. The standard InChI is InChI=1S/C13H10BrClFN/c14-10-5-1-2-7-12(10)17-8-9-4-3-6-11(15)13(9)16/h1-7,17H,8H2. The molecule has 0 fully saturated rings. The zero-order chi connectivity index (χ0) is 12.3. The van der Waals surface area contributed by atoms with Crippen LogP contribution in [0.5, 0.6) is 0 Å². The monoisotopic (exact) mass is 313 g/mol. The maximum absolute atomic E-state index is 13.6. The summed E-state index contributed by atoms with van der Waals surface area (Å²) < 4.78 is 14.6. The fourth-order valence-electron chi connectivity index (χ4n) is 1.48. The van der Waals surface area contributed by atoms with E-state index in [1.165, 1.54) is 0 Å². The number of anilines is 1. The van der Waals surface area contributed by atoms with Crippen molar-refractivity contribution in [1.82, 2.24) is 0 Å². The first-order valence-electron chi connectivity index (χ1n) is 5.10. The van der Waals surface area contributed by atoms with E-state index in [2.05, 4.69) is 21.2 Å². The van der Waals surface area contributed by atoms with E-state index in [1.54, 1.807) is 18.2 Å². The Morgan fingerprint density at radius 3 is 2.65 bits per heavy atom. The molecule has 2 rings (SSSR count). The van der Waals surface area contributed by atoms with Crippen molar-refractivity contribution in [2.45, 2.75) is 6.54 Å². The average molecular weight is 315 g/mol. The summed E-state index contributed by atoms with van der Waals surface area (Å²) in [6, 6.07) is 12.7. The SMILES string of the molecule is Fc1c(Cl)cccc1CNc1ccccc1Br. The number of halogens is 3. The lowest BCUT2D eigenvalue weighted by atomic mass is 10.2. The van der Waals surface area contributed by atoms with Gasteiger partial charge in [0.15, 0.2) is 0 Å². The Bertz CT molecular complexity index is 531. The van der Waals surface area contributed by atoms with Gasteiger partial charge in [0, 0.05) is 22.3 Å². The highest BCUT2D eigenvalue weighted by atomic mass is 79.9. The minimum absolute atomic E-state index is 0.149. The van der Waals surface area contributed by atoms with Gasteiger partial charge < -0.3 is 5.32 Å². The summed E-state index contributed by atoms with van der Waals surface area (Å²) in [5, 5.41) is 3.30. The summed E-state index contributed by atoms with van der Waals surface area (Å²) in [5.41, 5.74) is 1.47. The molecule has 0 atom stereocenters. The van der Waals surface area contributed by atoms with E-state index in [4.69, 9.17) is 11.6 Å². The second-order valence-electron chi connectivity index (χ2n) is 3.55. The Balaban J connectivity index is 2.13. The molecule has 1 N–H and O–H groups in total. The van der Waals surface area contributed by atoms with Crippen LogP contribution in [0.3, 0.4) is 0 Å². The maximum Gasteiger partial charge on any atom is 0.146 e. The zero-order valence-corrected chi connectivity index (χ0v) is 11.2. The quantitative estimate of drug-likeness (QED) is 0.853. The van der Waals surface area contributed by atoms with Crippen molar-refractivity contribution in [1.29, 1.82) is 0 Å². The normalized spacial score (nSPS) is 10.3. The number of benzene rings is 2. The molecule has 0 aliphatic carbocycles. The van der Waals surface area contributed by atoms with Crippen LogP contribution in [0.15, 0.2) is 46.9 Å². The van der Waals surface area contributed by atoms with Crippen LogP contribution in [0.1, 0.15) is 5.56 Å². The van der Waals surface area contributed by atoms with Crippen LogP contribution < -0.4 is 5.32 Å². The lowest BCUT2D eigenvalue weighted by Crippen LogP contribution is -2.02. The molecule has 17 heavy (non-hydrogen) atoms. The van der Waals surface area contributed by atoms with Gasteiger partial charge in [0.1, 0.15) is 5.82 Å². The van der Waals surface area contributed by atoms with E-state index < -0.39 is 0 Å². The molecule has 0 aliphatic rings. The third-order valence-electron chi connectivity index (χ3n) is 2.37. The Hall–Kier alpha value is -1.06. The third-order valence-corrected chi connectivity index (χ3v) is 3.36. The molecule has 1 nitrogen and oxygen atoms in total. The Morgan fingerprint density at radius 1 is 1.12 bits per heavy atom. The van der Waals surface area contributed by atoms with E-state index in [-0.39, 0.29) is 10.8 Å². The lowest BCUT2D eigenvalue weighted by molar-refractivity contribution is 0.613. The molecule has 0 aliphatic heterocycles. The van der Waals surface area contributed by atoms with Gasteiger partial charge in [0.25, 0.3) is 0 Å². The highest BCUT2D eigenvalue weighted by molar-refractivity contribution is 9.10.